The van der Waals surface area contributed by atoms with Gasteiger partial charge in [0.05, 0.1) is 7.11 Å². The van der Waals surface area contributed by atoms with E-state index in [4.69, 9.17) is 4.74 Å². The van der Waals surface area contributed by atoms with E-state index in [-0.39, 0.29) is 11.2 Å². The molecule has 0 fully saturated rings. The minimum absolute atomic E-state index is 0.205. The molecule has 108 valence electrons. The Morgan fingerprint density at radius 2 is 1.89 bits per heavy atom. The number of rotatable bonds is 8. The Balaban J connectivity index is 2.86. The van der Waals surface area contributed by atoms with E-state index in [9.17, 15) is 4.39 Å². The summed E-state index contributed by atoms with van der Waals surface area (Å²) >= 11 is 0. The minimum Gasteiger partial charge on any atom is -0.494 e. The highest BCUT2D eigenvalue weighted by Gasteiger charge is 2.26. The van der Waals surface area contributed by atoms with Crippen LogP contribution in [0.1, 0.15) is 39.2 Å². The Bertz CT molecular complexity index is 388. The maximum Gasteiger partial charge on any atom is 0.165 e. The van der Waals surface area contributed by atoms with Crippen LogP contribution in [0.2, 0.25) is 0 Å². The van der Waals surface area contributed by atoms with Gasteiger partial charge in [0, 0.05) is 6.54 Å². The van der Waals surface area contributed by atoms with E-state index in [0.717, 1.165) is 37.9 Å². The van der Waals surface area contributed by atoms with Crippen LogP contribution in [0.3, 0.4) is 0 Å². The predicted octanol–water partition coefficient (Wildman–Crippen LogP) is 3.79. The second-order valence-corrected chi connectivity index (χ2v) is 5.13. The van der Waals surface area contributed by atoms with E-state index in [0.29, 0.717) is 5.75 Å². The molecule has 1 rings (SSSR count). The van der Waals surface area contributed by atoms with Gasteiger partial charge in [-0.15, -0.1) is 0 Å². The molecule has 1 aromatic rings. The summed E-state index contributed by atoms with van der Waals surface area (Å²) in [5.74, 6) is 0.0404. The molecule has 0 bridgehead atoms. The fourth-order valence-electron chi connectivity index (χ4n) is 2.46. The van der Waals surface area contributed by atoms with Crippen LogP contribution in [-0.4, -0.2) is 20.2 Å². The van der Waals surface area contributed by atoms with Gasteiger partial charge in [0.2, 0.25) is 0 Å². The van der Waals surface area contributed by atoms with E-state index in [1.807, 2.05) is 6.07 Å². The molecule has 0 saturated heterocycles. The SMILES string of the molecule is CCNCC(CC)(CC)Cc1ccc(OC)c(F)c1. The summed E-state index contributed by atoms with van der Waals surface area (Å²) in [4.78, 5) is 0. The lowest BCUT2D eigenvalue weighted by Gasteiger charge is -2.32. The number of hydrogen-bond acceptors (Lipinski definition) is 2. The average Bonchev–Trinajstić information content (AvgIpc) is 2.44. The molecule has 0 aromatic heterocycles. The largest absolute Gasteiger partial charge is 0.494 e. The van der Waals surface area contributed by atoms with Crippen molar-refractivity contribution in [2.24, 2.45) is 5.41 Å². The molecule has 0 amide bonds. The van der Waals surface area contributed by atoms with Crippen molar-refractivity contribution in [2.45, 2.75) is 40.0 Å². The monoisotopic (exact) mass is 267 g/mol. The number of methoxy groups -OCH3 is 1. The maximum atomic E-state index is 13.7. The molecule has 0 radical (unpaired) electrons. The van der Waals surface area contributed by atoms with Crippen LogP contribution >= 0.6 is 0 Å². The second kappa shape index (κ2) is 7.49. The second-order valence-electron chi connectivity index (χ2n) is 5.13. The Morgan fingerprint density at radius 1 is 1.21 bits per heavy atom. The van der Waals surface area contributed by atoms with Gasteiger partial charge in [-0.25, -0.2) is 4.39 Å². The first-order valence-electron chi connectivity index (χ1n) is 7.14. The van der Waals surface area contributed by atoms with Gasteiger partial charge in [-0.3, -0.25) is 0 Å². The summed E-state index contributed by atoms with van der Waals surface area (Å²) in [6.07, 6.45) is 3.07. The molecular formula is C16H26FNO. The molecule has 0 aliphatic heterocycles. The lowest BCUT2D eigenvalue weighted by Crippen LogP contribution is -2.35. The third kappa shape index (κ3) is 4.20. The van der Waals surface area contributed by atoms with E-state index in [1.54, 1.807) is 12.1 Å². The van der Waals surface area contributed by atoms with Gasteiger partial charge in [-0.1, -0.05) is 26.8 Å². The fraction of sp³-hybridized carbons (Fsp3) is 0.625. The Kier molecular flexibility index (Phi) is 6.29. The van der Waals surface area contributed by atoms with Gasteiger partial charge in [0.15, 0.2) is 11.6 Å². The average molecular weight is 267 g/mol. The molecule has 0 saturated carbocycles. The van der Waals surface area contributed by atoms with Crippen molar-refractivity contribution in [3.8, 4) is 5.75 Å². The highest BCUT2D eigenvalue weighted by atomic mass is 19.1. The highest BCUT2D eigenvalue weighted by molar-refractivity contribution is 5.30. The van der Waals surface area contributed by atoms with Crippen molar-refractivity contribution < 1.29 is 9.13 Å². The van der Waals surface area contributed by atoms with Crippen molar-refractivity contribution in [3.63, 3.8) is 0 Å². The first-order valence-corrected chi connectivity index (χ1v) is 7.14. The normalized spacial score (nSPS) is 11.6. The Labute approximate surface area is 116 Å². The zero-order valence-electron chi connectivity index (χ0n) is 12.6. The van der Waals surface area contributed by atoms with Crippen molar-refractivity contribution >= 4 is 0 Å². The quantitative estimate of drug-likeness (QED) is 0.773. The van der Waals surface area contributed by atoms with E-state index >= 15 is 0 Å². The summed E-state index contributed by atoms with van der Waals surface area (Å²) < 4.78 is 18.7. The molecule has 2 nitrogen and oxygen atoms in total. The summed E-state index contributed by atoms with van der Waals surface area (Å²) in [6, 6.07) is 5.28. The summed E-state index contributed by atoms with van der Waals surface area (Å²) in [5.41, 5.74) is 1.25. The van der Waals surface area contributed by atoms with Crippen molar-refractivity contribution in [3.05, 3.63) is 29.6 Å². The van der Waals surface area contributed by atoms with E-state index in [1.165, 1.54) is 7.11 Å². The van der Waals surface area contributed by atoms with Crippen molar-refractivity contribution in [2.75, 3.05) is 20.2 Å². The molecule has 3 heteroatoms. The summed E-state index contributed by atoms with van der Waals surface area (Å²) in [6.45, 7) is 8.48. The number of nitrogens with one attached hydrogen (secondary N) is 1. The molecule has 0 aliphatic carbocycles. The Hall–Kier alpha value is -1.09. The molecule has 0 atom stereocenters. The highest BCUT2D eigenvalue weighted by Crippen LogP contribution is 2.31. The van der Waals surface area contributed by atoms with Gasteiger partial charge in [0.25, 0.3) is 0 Å². The molecule has 1 N–H and O–H groups in total. The standard InChI is InChI=1S/C16H26FNO/c1-5-16(6-2,12-18-7-3)11-13-8-9-15(19-4)14(17)10-13/h8-10,18H,5-7,11-12H2,1-4H3. The van der Waals surface area contributed by atoms with Crippen LogP contribution in [0.15, 0.2) is 18.2 Å². The smallest absolute Gasteiger partial charge is 0.165 e. The summed E-state index contributed by atoms with van der Waals surface area (Å²) in [5, 5.41) is 3.43. The number of halogens is 1. The van der Waals surface area contributed by atoms with E-state index < -0.39 is 0 Å². The van der Waals surface area contributed by atoms with Gasteiger partial charge in [-0.2, -0.15) is 0 Å². The van der Waals surface area contributed by atoms with Crippen LogP contribution in [0.25, 0.3) is 0 Å². The lowest BCUT2D eigenvalue weighted by atomic mass is 9.77. The predicted molar refractivity (Wildman–Crippen MR) is 78.2 cm³/mol. The third-order valence-electron chi connectivity index (χ3n) is 4.05. The molecule has 0 aliphatic rings. The third-order valence-corrected chi connectivity index (χ3v) is 4.05. The van der Waals surface area contributed by atoms with Crippen LogP contribution in [0.5, 0.6) is 5.75 Å². The lowest BCUT2D eigenvalue weighted by molar-refractivity contribution is 0.248. The van der Waals surface area contributed by atoms with Gasteiger partial charge in [-0.05, 0) is 48.9 Å². The van der Waals surface area contributed by atoms with Crippen LogP contribution in [0.4, 0.5) is 4.39 Å². The topological polar surface area (TPSA) is 21.3 Å². The van der Waals surface area contributed by atoms with Gasteiger partial charge < -0.3 is 10.1 Å². The number of hydrogen-bond donors (Lipinski definition) is 1. The van der Waals surface area contributed by atoms with Crippen LogP contribution < -0.4 is 10.1 Å². The molecule has 1 aromatic carbocycles. The minimum atomic E-state index is -0.274. The molecule has 19 heavy (non-hydrogen) atoms. The first kappa shape index (κ1) is 16.0. The van der Waals surface area contributed by atoms with Crippen molar-refractivity contribution in [1.82, 2.24) is 5.32 Å². The Morgan fingerprint density at radius 3 is 2.37 bits per heavy atom. The fourth-order valence-corrected chi connectivity index (χ4v) is 2.46. The maximum absolute atomic E-state index is 13.7. The number of benzene rings is 1. The van der Waals surface area contributed by atoms with Gasteiger partial charge in [0.1, 0.15) is 0 Å². The molecular weight excluding hydrogens is 241 g/mol. The number of ether oxygens (including phenoxy) is 1. The van der Waals surface area contributed by atoms with Crippen LogP contribution in [-0.2, 0) is 6.42 Å². The molecule has 0 unspecified atom stereocenters. The van der Waals surface area contributed by atoms with Gasteiger partial charge >= 0.3 is 0 Å². The zero-order valence-corrected chi connectivity index (χ0v) is 12.6. The zero-order chi connectivity index (χ0) is 14.3. The van der Waals surface area contributed by atoms with E-state index in [2.05, 4.69) is 26.1 Å². The molecule has 0 heterocycles. The molecule has 0 spiro atoms. The van der Waals surface area contributed by atoms with Crippen molar-refractivity contribution in [1.29, 1.82) is 0 Å². The first-order chi connectivity index (χ1) is 9.10. The summed E-state index contributed by atoms with van der Waals surface area (Å²) in [7, 11) is 1.49. The van der Waals surface area contributed by atoms with Crippen LogP contribution in [0, 0.1) is 11.2 Å².